The van der Waals surface area contributed by atoms with Crippen LogP contribution in [0.3, 0.4) is 0 Å². The molecule has 3 aliphatic rings. The molecule has 0 bridgehead atoms. The Morgan fingerprint density at radius 1 is 0.981 bits per heavy atom. The maximum absolute atomic E-state index is 14.1. The lowest BCUT2D eigenvalue weighted by atomic mass is 9.63. The first kappa shape index (κ1) is 52.3. The summed E-state index contributed by atoms with van der Waals surface area (Å²) in [7, 11) is 5.73. The Labute approximate surface area is 320 Å². The largest absolute Gasteiger partial charge is 0.387 e. The third-order valence-corrected chi connectivity index (χ3v) is 10.5. The van der Waals surface area contributed by atoms with Gasteiger partial charge in [-0.1, -0.05) is 64.8 Å². The average molecular weight is 786 g/mol. The maximum Gasteiger partial charge on any atom is 0.260 e. The number of carbonyl (C=O) groups is 1. The number of hydrogen-bond acceptors (Lipinski definition) is 16. The molecular formula is C36H72FN5O12. The SMILES string of the molecule is CC.CC(CN(C)C(O)(O)CCC1=CC=CCC1)N1C(C)N(C)N(C)C1C(C)(C)O.CC1(F)C(O)(O)C(O)(O)C(C(N)=O)C(O)(O)C1(O)O.CCC(C)C. The van der Waals surface area contributed by atoms with Crippen molar-refractivity contribution < 1.29 is 65.4 Å². The van der Waals surface area contributed by atoms with E-state index in [4.69, 9.17) is 0 Å². The molecule has 54 heavy (non-hydrogen) atoms. The summed E-state index contributed by atoms with van der Waals surface area (Å²) >= 11 is 0. The summed E-state index contributed by atoms with van der Waals surface area (Å²) in [6, 6.07) is 0.0133. The molecule has 18 heteroatoms. The molecule has 0 spiro atoms. The predicted molar refractivity (Wildman–Crippen MR) is 199 cm³/mol. The number of nitrogens with zero attached hydrogens (tertiary/aromatic N) is 4. The number of likely N-dealkylation sites (N-methyl/N-ethyl adjacent to an activating group) is 2. The summed E-state index contributed by atoms with van der Waals surface area (Å²) in [5, 5.41) is 111. The van der Waals surface area contributed by atoms with Crippen LogP contribution in [0.1, 0.15) is 101 Å². The molecule has 3 rings (SSSR count). The fourth-order valence-corrected chi connectivity index (χ4v) is 6.49. The zero-order valence-corrected chi connectivity index (χ0v) is 34.4. The normalized spacial score (nSPS) is 28.6. The minimum absolute atomic E-state index is 0.0133. The van der Waals surface area contributed by atoms with Gasteiger partial charge in [-0.05, 0) is 66.8 Å². The molecule has 1 amide bonds. The number of aliphatic hydroxyl groups is 11. The number of hydrogen-bond donors (Lipinski definition) is 12. The molecule has 0 aromatic heterocycles. The minimum atomic E-state index is -4.36. The summed E-state index contributed by atoms with van der Waals surface area (Å²) in [5.74, 6) is -23.3. The number of hydrazine groups is 1. The van der Waals surface area contributed by atoms with E-state index in [2.05, 4.69) is 67.4 Å². The van der Waals surface area contributed by atoms with Gasteiger partial charge in [0, 0.05) is 33.1 Å². The second-order valence-electron chi connectivity index (χ2n) is 15.5. The van der Waals surface area contributed by atoms with Gasteiger partial charge >= 0.3 is 0 Å². The number of primary amides is 1. The van der Waals surface area contributed by atoms with Crippen LogP contribution in [0.5, 0.6) is 0 Å². The van der Waals surface area contributed by atoms with Crippen molar-refractivity contribution in [1.82, 2.24) is 19.8 Å². The summed E-state index contributed by atoms with van der Waals surface area (Å²) < 4.78 is 14.1. The van der Waals surface area contributed by atoms with Crippen LogP contribution in [0, 0.1) is 11.8 Å². The van der Waals surface area contributed by atoms with Crippen LogP contribution in [0.25, 0.3) is 0 Å². The van der Waals surface area contributed by atoms with Crippen molar-refractivity contribution in [2.45, 2.75) is 160 Å². The lowest BCUT2D eigenvalue weighted by Crippen LogP contribution is -2.89. The highest BCUT2D eigenvalue weighted by Crippen LogP contribution is 2.54. The van der Waals surface area contributed by atoms with Crippen LogP contribution < -0.4 is 5.73 Å². The Morgan fingerprint density at radius 3 is 1.78 bits per heavy atom. The van der Waals surface area contributed by atoms with Gasteiger partial charge in [-0.3, -0.25) is 14.6 Å². The van der Waals surface area contributed by atoms with E-state index >= 15 is 0 Å². The van der Waals surface area contributed by atoms with Gasteiger partial charge in [-0.15, -0.1) is 0 Å². The summed E-state index contributed by atoms with van der Waals surface area (Å²) in [6.45, 7) is 19.0. The Hall–Kier alpha value is -1.72. The van der Waals surface area contributed by atoms with Crippen LogP contribution >= 0.6 is 0 Å². The van der Waals surface area contributed by atoms with Crippen molar-refractivity contribution in [1.29, 1.82) is 0 Å². The second kappa shape index (κ2) is 19.1. The van der Waals surface area contributed by atoms with Gasteiger partial charge in [-0.2, -0.15) is 0 Å². The van der Waals surface area contributed by atoms with Gasteiger partial charge in [0.15, 0.2) is 5.92 Å². The highest BCUT2D eigenvalue weighted by molar-refractivity contribution is 5.79. The molecule has 0 aromatic rings. The zero-order valence-electron chi connectivity index (χ0n) is 34.4. The number of nitrogens with two attached hydrogens (primary N) is 1. The minimum Gasteiger partial charge on any atom is -0.387 e. The molecule has 1 aliphatic heterocycles. The van der Waals surface area contributed by atoms with Gasteiger partial charge in [0.25, 0.3) is 11.6 Å². The summed E-state index contributed by atoms with van der Waals surface area (Å²) in [5.41, 5.74) is 0.761. The van der Waals surface area contributed by atoms with E-state index in [-0.39, 0.29) is 31.7 Å². The van der Waals surface area contributed by atoms with Crippen LogP contribution in [-0.2, 0) is 4.79 Å². The van der Waals surface area contributed by atoms with E-state index in [1.165, 1.54) is 12.0 Å². The smallest absolute Gasteiger partial charge is 0.260 e. The molecule has 0 radical (unpaired) electrons. The molecule has 3 atom stereocenters. The third kappa shape index (κ3) is 10.8. The second-order valence-corrected chi connectivity index (χ2v) is 15.5. The van der Waals surface area contributed by atoms with Crippen molar-refractivity contribution >= 4 is 5.91 Å². The van der Waals surface area contributed by atoms with E-state index in [9.17, 15) is 65.4 Å². The number of halogens is 1. The molecule has 0 aromatic carbocycles. The molecule has 2 fully saturated rings. The molecule has 17 nitrogen and oxygen atoms in total. The standard InChI is InChI=1S/C21H40N4O3.C8H14FNO9.C5H12.C2H6/c1-16(25-17(2)23(6)24(7)19(25)20(3,4)26)15-22(5)21(27,28)14-13-18-11-9-8-10-12-18;1-4(9)7(16,17)5(12,13)2(3(10)11)6(14,15)8(4,18)19;1-4-5(2)3;1-2/h8-9,11,16-17,19,26-28H,10,12-15H2,1-7H3;2,12-19H,1H3,(H2,10,11);5H,4H2,1-3H3;1-2H3. The molecular weight excluding hydrogens is 713 g/mol. The average Bonchev–Trinajstić information content (AvgIpc) is 3.28. The van der Waals surface area contributed by atoms with E-state index < -0.39 is 52.2 Å². The van der Waals surface area contributed by atoms with Crippen molar-refractivity contribution in [2.24, 2.45) is 17.6 Å². The maximum atomic E-state index is 14.1. The lowest BCUT2D eigenvalue weighted by molar-refractivity contribution is -0.535. The molecule has 1 heterocycles. The quantitative estimate of drug-likeness (QED) is 0.121. The Balaban J connectivity index is 0.000000932. The zero-order chi connectivity index (χ0) is 43.2. The number of amides is 1. The first-order valence-electron chi connectivity index (χ1n) is 18.4. The number of carbonyl (C=O) groups excluding carboxylic acids is 1. The van der Waals surface area contributed by atoms with Crippen molar-refractivity contribution in [3.8, 4) is 0 Å². The van der Waals surface area contributed by atoms with E-state index in [1.54, 1.807) is 11.9 Å². The Kier molecular flexibility index (Phi) is 18.5. The Morgan fingerprint density at radius 2 is 1.43 bits per heavy atom. The first-order valence-corrected chi connectivity index (χ1v) is 18.4. The van der Waals surface area contributed by atoms with E-state index in [0.717, 1.165) is 18.8 Å². The fraction of sp³-hybridized carbons (Fsp3) is 0.861. The fourth-order valence-electron chi connectivity index (χ4n) is 6.49. The molecule has 320 valence electrons. The lowest BCUT2D eigenvalue weighted by Gasteiger charge is -2.59. The van der Waals surface area contributed by atoms with Crippen molar-refractivity contribution in [3.05, 3.63) is 23.8 Å². The number of alkyl halides is 1. The van der Waals surface area contributed by atoms with E-state index in [1.807, 2.05) is 47.9 Å². The van der Waals surface area contributed by atoms with Crippen molar-refractivity contribution in [3.63, 3.8) is 0 Å². The molecule has 1 saturated carbocycles. The monoisotopic (exact) mass is 786 g/mol. The highest BCUT2D eigenvalue weighted by atomic mass is 19.1. The summed E-state index contributed by atoms with van der Waals surface area (Å²) in [4.78, 5) is 14.8. The highest BCUT2D eigenvalue weighted by Gasteiger charge is 2.85. The molecule has 13 N–H and O–H groups in total. The van der Waals surface area contributed by atoms with Crippen LogP contribution in [0.15, 0.2) is 23.8 Å². The van der Waals surface area contributed by atoms with Gasteiger partial charge in [0.05, 0.1) is 11.8 Å². The molecule has 3 unspecified atom stereocenters. The van der Waals surface area contributed by atoms with Gasteiger partial charge in [-0.25, -0.2) is 14.4 Å². The first-order chi connectivity index (χ1) is 24.2. The number of allylic oxidation sites excluding steroid dienone is 4. The molecule has 2 aliphatic carbocycles. The number of rotatable bonds is 10. The topological polar surface area (TPSA) is 279 Å². The third-order valence-electron chi connectivity index (χ3n) is 10.5. The van der Waals surface area contributed by atoms with Gasteiger partial charge < -0.3 is 61.9 Å². The van der Waals surface area contributed by atoms with Crippen LogP contribution in [0.2, 0.25) is 0 Å². The van der Waals surface area contributed by atoms with Gasteiger partial charge in [0.1, 0.15) is 6.17 Å². The van der Waals surface area contributed by atoms with Crippen LogP contribution in [0.4, 0.5) is 4.39 Å². The van der Waals surface area contributed by atoms with E-state index in [0.29, 0.717) is 13.0 Å². The van der Waals surface area contributed by atoms with Crippen LogP contribution in [-0.4, -0.2) is 168 Å². The van der Waals surface area contributed by atoms with Crippen molar-refractivity contribution in [2.75, 3.05) is 27.7 Å². The predicted octanol–water partition coefficient (Wildman–Crippen LogP) is -0.829. The molecule has 1 saturated heterocycles. The summed E-state index contributed by atoms with van der Waals surface area (Å²) in [6.07, 6.45) is 10.4. The Bertz CT molecular complexity index is 1220. The van der Waals surface area contributed by atoms with Gasteiger partial charge in [0.2, 0.25) is 29.1 Å².